The van der Waals surface area contributed by atoms with Crippen molar-refractivity contribution >= 4 is 22.8 Å². The van der Waals surface area contributed by atoms with Gasteiger partial charge in [0.05, 0.1) is 11.6 Å². The molecule has 3 heterocycles. The average molecular weight is 262 g/mol. The Morgan fingerprint density at radius 2 is 2.42 bits per heavy atom. The first-order chi connectivity index (χ1) is 9.26. The Morgan fingerprint density at radius 3 is 3.16 bits per heavy atom. The lowest BCUT2D eigenvalue weighted by atomic mass is 10.1. The van der Waals surface area contributed by atoms with Crippen molar-refractivity contribution in [3.63, 3.8) is 0 Å². The van der Waals surface area contributed by atoms with Crippen molar-refractivity contribution in [3.8, 4) is 0 Å². The molecule has 0 aliphatic carbocycles. The number of nitrogens with one attached hydrogen (secondary N) is 3. The molecule has 1 saturated heterocycles. The van der Waals surface area contributed by atoms with Gasteiger partial charge >= 0.3 is 0 Å². The summed E-state index contributed by atoms with van der Waals surface area (Å²) in [5.74, 6) is 7.16. The topological polar surface area (TPSA) is 108 Å². The Labute approximate surface area is 110 Å². The summed E-state index contributed by atoms with van der Waals surface area (Å²) < 4.78 is 0. The number of nitrogen functional groups attached to an aromatic ring is 1. The van der Waals surface area contributed by atoms with E-state index in [0.29, 0.717) is 17.5 Å². The van der Waals surface area contributed by atoms with E-state index < -0.39 is 0 Å². The van der Waals surface area contributed by atoms with Crippen molar-refractivity contribution in [2.45, 2.75) is 6.42 Å². The fraction of sp³-hybridized carbons (Fsp3) is 0.545. The molecule has 0 bridgehead atoms. The monoisotopic (exact) mass is 262 g/mol. The van der Waals surface area contributed by atoms with Crippen LogP contribution in [-0.2, 0) is 0 Å². The molecular weight excluding hydrogens is 244 g/mol. The third kappa shape index (κ3) is 2.45. The first-order valence-corrected chi connectivity index (χ1v) is 6.36. The van der Waals surface area contributed by atoms with Crippen LogP contribution in [0.3, 0.4) is 0 Å². The number of rotatable bonds is 4. The van der Waals surface area contributed by atoms with Crippen molar-refractivity contribution < 1.29 is 0 Å². The maximum Gasteiger partial charge on any atom is 0.241 e. The highest BCUT2D eigenvalue weighted by atomic mass is 15.3. The van der Waals surface area contributed by atoms with E-state index in [-0.39, 0.29) is 0 Å². The summed E-state index contributed by atoms with van der Waals surface area (Å²) >= 11 is 0. The van der Waals surface area contributed by atoms with Crippen molar-refractivity contribution in [3.05, 3.63) is 6.20 Å². The predicted octanol–water partition coefficient (Wildman–Crippen LogP) is 0.00210. The van der Waals surface area contributed by atoms with Gasteiger partial charge in [0.15, 0.2) is 5.65 Å². The molecule has 1 aliphatic heterocycles. The summed E-state index contributed by atoms with van der Waals surface area (Å²) in [6.45, 7) is 3.17. The lowest BCUT2D eigenvalue weighted by molar-refractivity contribution is 0.399. The van der Waals surface area contributed by atoms with E-state index in [1.807, 2.05) is 0 Å². The molecule has 102 valence electrons. The van der Waals surface area contributed by atoms with Crippen LogP contribution in [0.5, 0.6) is 0 Å². The number of hydrazine groups is 1. The van der Waals surface area contributed by atoms with Gasteiger partial charge in [0, 0.05) is 13.1 Å². The number of nitrogens with two attached hydrogens (primary N) is 1. The van der Waals surface area contributed by atoms with E-state index in [0.717, 1.165) is 30.8 Å². The van der Waals surface area contributed by atoms with Crippen molar-refractivity contribution in [1.29, 1.82) is 0 Å². The van der Waals surface area contributed by atoms with Crippen LogP contribution >= 0.6 is 0 Å². The summed E-state index contributed by atoms with van der Waals surface area (Å²) in [6.07, 6.45) is 2.93. The van der Waals surface area contributed by atoms with Gasteiger partial charge in [0.1, 0.15) is 5.82 Å². The number of likely N-dealkylation sites (tertiary alicyclic amines) is 1. The summed E-state index contributed by atoms with van der Waals surface area (Å²) in [5, 5.41) is 11.1. The Balaban J connectivity index is 1.77. The molecule has 1 aliphatic rings. The highest BCUT2D eigenvalue weighted by Gasteiger charge is 2.19. The molecule has 5 N–H and O–H groups in total. The van der Waals surface area contributed by atoms with Gasteiger partial charge in [-0.3, -0.25) is 10.5 Å². The second-order valence-electron chi connectivity index (χ2n) is 4.97. The first-order valence-electron chi connectivity index (χ1n) is 6.36. The van der Waals surface area contributed by atoms with Crippen LogP contribution < -0.4 is 16.6 Å². The van der Waals surface area contributed by atoms with E-state index in [9.17, 15) is 0 Å². The lowest BCUT2D eigenvalue weighted by Crippen LogP contribution is -2.20. The minimum atomic E-state index is 0.378. The predicted molar refractivity (Wildman–Crippen MR) is 73.6 cm³/mol. The zero-order valence-corrected chi connectivity index (χ0v) is 10.8. The quantitative estimate of drug-likeness (QED) is 0.454. The van der Waals surface area contributed by atoms with E-state index in [2.05, 4.69) is 42.9 Å². The number of H-pyrrole nitrogens is 1. The lowest BCUT2D eigenvalue weighted by Gasteiger charge is -2.13. The second kappa shape index (κ2) is 4.98. The summed E-state index contributed by atoms with van der Waals surface area (Å²) in [6, 6.07) is 0. The second-order valence-corrected chi connectivity index (χ2v) is 4.97. The smallest absolute Gasteiger partial charge is 0.241 e. The Morgan fingerprint density at radius 1 is 1.53 bits per heavy atom. The molecule has 8 heteroatoms. The van der Waals surface area contributed by atoms with Gasteiger partial charge in [-0.2, -0.15) is 15.1 Å². The van der Waals surface area contributed by atoms with Crippen LogP contribution in [0.2, 0.25) is 0 Å². The van der Waals surface area contributed by atoms with Crippen LogP contribution in [-0.4, -0.2) is 51.7 Å². The zero-order valence-electron chi connectivity index (χ0n) is 10.8. The highest BCUT2D eigenvalue weighted by molar-refractivity contribution is 5.86. The van der Waals surface area contributed by atoms with Gasteiger partial charge in [-0.05, 0) is 25.9 Å². The van der Waals surface area contributed by atoms with Crippen LogP contribution in [0.4, 0.5) is 11.8 Å². The molecule has 0 saturated carbocycles. The van der Waals surface area contributed by atoms with Gasteiger partial charge in [-0.15, -0.1) is 0 Å². The fourth-order valence-corrected chi connectivity index (χ4v) is 2.47. The molecule has 0 radical (unpaired) electrons. The zero-order chi connectivity index (χ0) is 13.2. The molecule has 1 fully saturated rings. The molecule has 3 rings (SSSR count). The van der Waals surface area contributed by atoms with Crippen molar-refractivity contribution in [2.24, 2.45) is 11.8 Å². The maximum absolute atomic E-state index is 5.37. The number of hydrogen-bond acceptors (Lipinski definition) is 7. The molecule has 19 heavy (non-hydrogen) atoms. The molecular formula is C11H18N8. The number of hydrogen-bond donors (Lipinski definition) is 4. The highest BCUT2D eigenvalue weighted by Crippen LogP contribution is 2.21. The molecule has 0 amide bonds. The molecule has 0 aromatic carbocycles. The third-order valence-corrected chi connectivity index (χ3v) is 3.49. The summed E-state index contributed by atoms with van der Waals surface area (Å²) in [5.41, 5.74) is 3.14. The van der Waals surface area contributed by atoms with Gasteiger partial charge in [0.25, 0.3) is 0 Å². The van der Waals surface area contributed by atoms with Crippen LogP contribution in [0.1, 0.15) is 6.42 Å². The van der Waals surface area contributed by atoms with E-state index in [1.54, 1.807) is 6.20 Å². The van der Waals surface area contributed by atoms with Crippen LogP contribution in [0.15, 0.2) is 6.20 Å². The van der Waals surface area contributed by atoms with Gasteiger partial charge in [-0.25, -0.2) is 5.84 Å². The SMILES string of the molecule is CN1CCC(CNc2nc(NN)nc3[nH]ncc23)C1. The molecule has 2 aromatic rings. The number of anilines is 2. The minimum absolute atomic E-state index is 0.378. The Hall–Kier alpha value is -1.93. The standard InChI is InChI=1S/C11H18N8/c1-19-3-2-7(6-19)4-13-9-8-5-14-18-10(8)16-11(15-9)17-12/h5,7H,2-4,6,12H2,1H3,(H3,13,14,15,16,17,18). The number of aromatic nitrogens is 4. The van der Waals surface area contributed by atoms with Crippen LogP contribution in [0.25, 0.3) is 11.0 Å². The summed E-state index contributed by atoms with van der Waals surface area (Å²) in [7, 11) is 2.15. The Bertz CT molecular complexity index is 565. The minimum Gasteiger partial charge on any atom is -0.369 e. The van der Waals surface area contributed by atoms with Crippen molar-refractivity contribution in [1.82, 2.24) is 25.1 Å². The molecule has 0 spiro atoms. The normalized spacial score (nSPS) is 20.0. The molecule has 1 atom stereocenters. The van der Waals surface area contributed by atoms with Crippen molar-refractivity contribution in [2.75, 3.05) is 37.4 Å². The van der Waals surface area contributed by atoms with E-state index >= 15 is 0 Å². The Kier molecular flexibility index (Phi) is 3.18. The largest absolute Gasteiger partial charge is 0.369 e. The number of fused-ring (bicyclic) bond motifs is 1. The number of nitrogens with zero attached hydrogens (tertiary/aromatic N) is 4. The van der Waals surface area contributed by atoms with Gasteiger partial charge < -0.3 is 10.2 Å². The molecule has 8 nitrogen and oxygen atoms in total. The van der Waals surface area contributed by atoms with Gasteiger partial charge in [0.2, 0.25) is 5.95 Å². The number of aromatic amines is 1. The molecule has 1 unspecified atom stereocenters. The fourth-order valence-electron chi connectivity index (χ4n) is 2.47. The first kappa shape index (κ1) is 12.1. The average Bonchev–Trinajstić information content (AvgIpc) is 3.04. The van der Waals surface area contributed by atoms with Crippen LogP contribution in [0, 0.1) is 5.92 Å². The van der Waals surface area contributed by atoms with E-state index in [4.69, 9.17) is 5.84 Å². The maximum atomic E-state index is 5.37. The van der Waals surface area contributed by atoms with E-state index in [1.165, 1.54) is 6.42 Å². The third-order valence-electron chi connectivity index (χ3n) is 3.49. The van der Waals surface area contributed by atoms with Gasteiger partial charge in [-0.1, -0.05) is 0 Å². The molecule has 2 aromatic heterocycles. The summed E-state index contributed by atoms with van der Waals surface area (Å²) in [4.78, 5) is 10.9.